The van der Waals surface area contributed by atoms with Crippen LogP contribution in [0.4, 0.5) is 0 Å². The lowest BCUT2D eigenvalue weighted by molar-refractivity contribution is -0.124. The maximum Gasteiger partial charge on any atom is 0.235 e. The van der Waals surface area contributed by atoms with Crippen LogP contribution in [0.25, 0.3) is 0 Å². The average Bonchev–Trinajstić information content (AvgIpc) is 3.33. The Hall–Kier alpha value is -0.940. The minimum absolute atomic E-state index is 0.0263. The van der Waals surface area contributed by atoms with Crippen molar-refractivity contribution in [1.82, 2.24) is 15.1 Å². The summed E-state index contributed by atoms with van der Waals surface area (Å²) < 4.78 is 1.17. The smallest absolute Gasteiger partial charge is 0.235 e. The van der Waals surface area contributed by atoms with Gasteiger partial charge in [-0.15, -0.1) is 11.3 Å². The topological polar surface area (TPSA) is 59.4 Å². The van der Waals surface area contributed by atoms with Crippen molar-refractivity contribution in [3.8, 4) is 6.07 Å². The van der Waals surface area contributed by atoms with Crippen LogP contribution in [0.1, 0.15) is 24.6 Å². The van der Waals surface area contributed by atoms with E-state index in [2.05, 4.69) is 49.2 Å². The van der Waals surface area contributed by atoms with Crippen LogP contribution in [0, 0.1) is 17.2 Å². The number of piperazine rings is 1. The quantitative estimate of drug-likeness (QED) is 0.781. The second kappa shape index (κ2) is 7.52. The minimum Gasteiger partial charge on any atom is -0.337 e. The standard InChI is InChI=1S/C17H23BrN4OS/c1-17(12-19,13-2-3-13)20-16(23)11-22-8-6-21(7-9-22)10-14-4-5-15(18)24-14/h4-5,13H,2-3,6-11H2,1H3,(H,20,23)/t17-/m0/s1. The van der Waals surface area contributed by atoms with Gasteiger partial charge in [0.25, 0.3) is 0 Å². The molecule has 2 fully saturated rings. The van der Waals surface area contributed by atoms with Gasteiger partial charge in [0, 0.05) is 37.6 Å². The van der Waals surface area contributed by atoms with Gasteiger partial charge in [-0.1, -0.05) is 0 Å². The van der Waals surface area contributed by atoms with Crippen molar-refractivity contribution in [3.63, 3.8) is 0 Å². The molecular weight excluding hydrogens is 388 g/mol. The predicted octanol–water partition coefficient (Wildman–Crippen LogP) is 2.44. The summed E-state index contributed by atoms with van der Waals surface area (Å²) in [6, 6.07) is 6.54. The van der Waals surface area contributed by atoms with Crippen molar-refractivity contribution in [2.75, 3.05) is 32.7 Å². The van der Waals surface area contributed by atoms with Gasteiger partial charge >= 0.3 is 0 Å². The van der Waals surface area contributed by atoms with Crippen molar-refractivity contribution < 1.29 is 4.79 Å². The average molecular weight is 411 g/mol. The third-order valence-corrected chi connectivity index (χ3v) is 6.47. The predicted molar refractivity (Wildman–Crippen MR) is 98.6 cm³/mol. The van der Waals surface area contributed by atoms with E-state index in [0.29, 0.717) is 12.5 Å². The van der Waals surface area contributed by atoms with Gasteiger partial charge in [0.2, 0.25) is 5.91 Å². The van der Waals surface area contributed by atoms with Crippen LogP contribution in [0.5, 0.6) is 0 Å². The Morgan fingerprint density at radius 2 is 2.04 bits per heavy atom. The van der Waals surface area contributed by atoms with Crippen molar-refractivity contribution >= 4 is 33.2 Å². The van der Waals surface area contributed by atoms with Crippen LogP contribution in [0.3, 0.4) is 0 Å². The number of rotatable bonds is 6. The van der Waals surface area contributed by atoms with E-state index in [1.54, 1.807) is 11.3 Å². The number of halogens is 1. The summed E-state index contributed by atoms with van der Waals surface area (Å²) in [7, 11) is 0. The molecule has 0 aromatic carbocycles. The Kier molecular flexibility index (Phi) is 5.60. The molecule has 1 saturated heterocycles. The van der Waals surface area contributed by atoms with E-state index in [1.165, 1.54) is 8.66 Å². The number of carbonyl (C=O) groups excluding carboxylic acids is 1. The van der Waals surface area contributed by atoms with Gasteiger partial charge < -0.3 is 5.32 Å². The molecule has 0 unspecified atom stereocenters. The van der Waals surface area contributed by atoms with Crippen molar-refractivity contribution in [2.45, 2.75) is 31.8 Å². The zero-order valence-corrected chi connectivity index (χ0v) is 16.3. The molecule has 130 valence electrons. The molecule has 2 aliphatic rings. The molecule has 0 radical (unpaired) electrons. The molecule has 3 rings (SSSR count). The number of thiophene rings is 1. The monoisotopic (exact) mass is 410 g/mol. The summed E-state index contributed by atoms with van der Waals surface area (Å²) in [4.78, 5) is 18.2. The molecule has 1 N–H and O–H groups in total. The summed E-state index contributed by atoms with van der Waals surface area (Å²) >= 11 is 5.28. The fourth-order valence-electron chi connectivity index (χ4n) is 3.18. The van der Waals surface area contributed by atoms with E-state index >= 15 is 0 Å². The number of hydrogen-bond acceptors (Lipinski definition) is 5. The molecule has 1 amide bonds. The first-order valence-corrected chi connectivity index (χ1v) is 10.0. The van der Waals surface area contributed by atoms with Gasteiger partial charge in [-0.05, 0) is 53.7 Å². The minimum atomic E-state index is -0.689. The van der Waals surface area contributed by atoms with Crippen LogP contribution in [-0.2, 0) is 11.3 Å². The molecule has 5 nitrogen and oxygen atoms in total. The zero-order valence-electron chi connectivity index (χ0n) is 13.9. The Balaban J connectivity index is 1.42. The fourth-order valence-corrected chi connectivity index (χ4v) is 4.70. The van der Waals surface area contributed by atoms with E-state index in [-0.39, 0.29) is 5.91 Å². The van der Waals surface area contributed by atoms with Crippen molar-refractivity contribution in [2.24, 2.45) is 5.92 Å². The van der Waals surface area contributed by atoms with Crippen LogP contribution >= 0.6 is 27.3 Å². The molecule has 0 spiro atoms. The molecule has 1 aromatic heterocycles. The molecule has 7 heteroatoms. The molecule has 2 heterocycles. The summed E-state index contributed by atoms with van der Waals surface area (Å²) in [5.74, 6) is 0.301. The first-order valence-electron chi connectivity index (χ1n) is 8.40. The number of amides is 1. The lowest BCUT2D eigenvalue weighted by atomic mass is 9.98. The first kappa shape index (κ1) is 17.9. The third-order valence-electron chi connectivity index (χ3n) is 4.87. The van der Waals surface area contributed by atoms with Crippen LogP contribution < -0.4 is 5.32 Å². The highest BCUT2D eigenvalue weighted by Gasteiger charge is 2.43. The summed E-state index contributed by atoms with van der Waals surface area (Å²) in [5.41, 5.74) is -0.689. The van der Waals surface area contributed by atoms with Crippen LogP contribution in [-0.4, -0.2) is 54.0 Å². The number of hydrogen-bond donors (Lipinski definition) is 1. The highest BCUT2D eigenvalue weighted by Crippen LogP contribution is 2.39. The molecule has 0 bridgehead atoms. The van der Waals surface area contributed by atoms with E-state index in [0.717, 1.165) is 45.6 Å². The lowest BCUT2D eigenvalue weighted by Gasteiger charge is -2.34. The lowest BCUT2D eigenvalue weighted by Crippen LogP contribution is -2.53. The maximum atomic E-state index is 12.3. The zero-order chi connectivity index (χ0) is 17.2. The highest BCUT2D eigenvalue weighted by atomic mass is 79.9. The Labute approximate surface area is 155 Å². The second-order valence-electron chi connectivity index (χ2n) is 6.89. The Morgan fingerprint density at radius 3 is 2.58 bits per heavy atom. The molecule has 1 aliphatic heterocycles. The van der Waals surface area contributed by atoms with Gasteiger partial charge in [0.05, 0.1) is 16.4 Å². The van der Waals surface area contributed by atoms with E-state index in [1.807, 2.05) is 6.92 Å². The van der Waals surface area contributed by atoms with E-state index in [4.69, 9.17) is 0 Å². The Morgan fingerprint density at radius 1 is 1.38 bits per heavy atom. The summed E-state index contributed by atoms with van der Waals surface area (Å²) in [6.45, 7) is 6.95. The van der Waals surface area contributed by atoms with Crippen molar-refractivity contribution in [1.29, 1.82) is 5.26 Å². The highest BCUT2D eigenvalue weighted by molar-refractivity contribution is 9.11. The van der Waals surface area contributed by atoms with Crippen LogP contribution in [0.2, 0.25) is 0 Å². The fraction of sp³-hybridized carbons (Fsp3) is 0.647. The molecule has 24 heavy (non-hydrogen) atoms. The summed E-state index contributed by atoms with van der Waals surface area (Å²) in [5, 5.41) is 12.3. The van der Waals surface area contributed by atoms with Gasteiger partial charge in [-0.3, -0.25) is 14.6 Å². The van der Waals surface area contributed by atoms with Crippen molar-refractivity contribution in [3.05, 3.63) is 20.8 Å². The largest absolute Gasteiger partial charge is 0.337 e. The van der Waals surface area contributed by atoms with E-state index in [9.17, 15) is 10.1 Å². The number of nitrogens with one attached hydrogen (secondary N) is 1. The Bertz CT molecular complexity index is 631. The molecular formula is C17H23BrN4OS. The van der Waals surface area contributed by atoms with Gasteiger partial charge in [0.1, 0.15) is 5.54 Å². The normalized spacial score (nSPS) is 21.9. The van der Waals surface area contributed by atoms with Gasteiger partial charge in [-0.25, -0.2) is 0 Å². The number of nitrogens with zero attached hydrogens (tertiary/aromatic N) is 3. The molecule has 1 atom stereocenters. The molecule has 1 saturated carbocycles. The first-order chi connectivity index (χ1) is 11.5. The van der Waals surface area contributed by atoms with Gasteiger partial charge in [-0.2, -0.15) is 5.26 Å². The SMILES string of the molecule is C[C@@](C#N)(NC(=O)CN1CCN(Cc2ccc(Br)s2)CC1)C1CC1. The van der Waals surface area contributed by atoms with Crippen LogP contribution in [0.15, 0.2) is 15.9 Å². The second-order valence-corrected chi connectivity index (χ2v) is 9.44. The number of nitriles is 1. The van der Waals surface area contributed by atoms with E-state index < -0.39 is 5.54 Å². The summed E-state index contributed by atoms with van der Waals surface area (Å²) in [6.07, 6.45) is 2.09. The number of carbonyl (C=O) groups is 1. The van der Waals surface area contributed by atoms with Gasteiger partial charge in [0.15, 0.2) is 0 Å². The maximum absolute atomic E-state index is 12.3. The molecule has 1 aliphatic carbocycles. The molecule has 1 aromatic rings. The third kappa shape index (κ3) is 4.57.